The number of nitrogens with zero attached hydrogens (tertiary/aromatic N) is 3. The van der Waals surface area contributed by atoms with Crippen LogP contribution in [-0.4, -0.2) is 9.97 Å². The number of nitrogens with one attached hydrogen (secondary N) is 1. The summed E-state index contributed by atoms with van der Waals surface area (Å²) >= 11 is 0. The van der Waals surface area contributed by atoms with Crippen molar-refractivity contribution >= 4 is 16.7 Å². The summed E-state index contributed by atoms with van der Waals surface area (Å²) in [5.74, 6) is 1.39. The van der Waals surface area contributed by atoms with Crippen molar-refractivity contribution in [3.8, 4) is 6.07 Å². The second-order valence-corrected chi connectivity index (χ2v) is 5.56. The molecule has 0 spiro atoms. The molecule has 4 heteroatoms. The molecule has 0 fully saturated rings. The second-order valence-electron chi connectivity index (χ2n) is 5.56. The Morgan fingerprint density at radius 1 is 1.17 bits per heavy atom. The van der Waals surface area contributed by atoms with Crippen LogP contribution >= 0.6 is 0 Å². The lowest BCUT2D eigenvalue weighted by Crippen LogP contribution is -2.11. The number of fused-ring (bicyclic) bond motifs is 1. The van der Waals surface area contributed by atoms with Crippen molar-refractivity contribution in [2.24, 2.45) is 0 Å². The zero-order chi connectivity index (χ0) is 17.3. The Morgan fingerprint density at radius 3 is 2.78 bits per heavy atom. The number of hydrogen-bond donors (Lipinski definition) is 1. The van der Waals surface area contributed by atoms with Crippen molar-refractivity contribution in [1.82, 2.24) is 9.97 Å². The molecule has 0 amide bonds. The number of aryl methyl sites for hydroxylation is 1. The summed E-state index contributed by atoms with van der Waals surface area (Å²) in [5.41, 5.74) is 3.52. The summed E-state index contributed by atoms with van der Waals surface area (Å²) in [6.45, 7) is 5.85. The Kier molecular flexibility index (Phi) is 3.61. The fraction of sp³-hybridized carbons (Fsp3) is 0.211. The molecule has 1 unspecified atom stereocenters. The van der Waals surface area contributed by atoms with Gasteiger partial charge >= 0.3 is 0 Å². The summed E-state index contributed by atoms with van der Waals surface area (Å²) in [6.07, 6.45) is 0. The van der Waals surface area contributed by atoms with Crippen LogP contribution in [0.2, 0.25) is 0 Å². The van der Waals surface area contributed by atoms with E-state index < -0.39 is 0 Å². The minimum absolute atomic E-state index is 0.0230. The minimum atomic E-state index is -0.0230. The zero-order valence-corrected chi connectivity index (χ0v) is 13.4. The summed E-state index contributed by atoms with van der Waals surface area (Å²) in [4.78, 5) is 8.93. The lowest BCUT2D eigenvalue weighted by atomic mass is 9.98. The molecule has 1 heterocycles. The van der Waals surface area contributed by atoms with Crippen LogP contribution in [0.4, 0.5) is 5.82 Å². The van der Waals surface area contributed by atoms with E-state index in [1.807, 2.05) is 45.0 Å². The van der Waals surface area contributed by atoms with Gasteiger partial charge in [0.1, 0.15) is 11.6 Å². The van der Waals surface area contributed by atoms with E-state index in [4.69, 9.17) is 1.37 Å². The molecular formula is C19H18N4. The molecule has 23 heavy (non-hydrogen) atoms. The first-order chi connectivity index (χ1) is 11.5. The van der Waals surface area contributed by atoms with E-state index in [1.54, 1.807) is 12.1 Å². The van der Waals surface area contributed by atoms with Crippen molar-refractivity contribution in [3.05, 3.63) is 65.0 Å². The third kappa shape index (κ3) is 2.86. The van der Waals surface area contributed by atoms with E-state index in [0.717, 1.165) is 22.0 Å². The summed E-state index contributed by atoms with van der Waals surface area (Å²) in [6, 6.07) is 13.7. The van der Waals surface area contributed by atoms with E-state index in [-0.39, 0.29) is 6.04 Å². The quantitative estimate of drug-likeness (QED) is 0.784. The van der Waals surface area contributed by atoms with Gasteiger partial charge in [-0.05, 0) is 50.1 Å². The number of rotatable bonds is 3. The predicted octanol–water partition coefficient (Wildman–Crippen LogP) is 4.29. The molecule has 0 aliphatic rings. The summed E-state index contributed by atoms with van der Waals surface area (Å²) in [5, 5.41) is 13.5. The maximum absolute atomic E-state index is 9.21. The van der Waals surface area contributed by atoms with Crippen LogP contribution < -0.4 is 5.32 Å². The molecule has 0 aliphatic carbocycles. The van der Waals surface area contributed by atoms with Gasteiger partial charge in [-0.15, -0.1) is 0 Å². The van der Waals surface area contributed by atoms with Gasteiger partial charge in [0, 0.05) is 5.39 Å². The number of para-hydroxylation sites is 1. The molecule has 3 rings (SSSR count). The molecule has 0 aliphatic heterocycles. The standard InChI is InChI=1S/C19H18N4/c1-12-15(11-20)7-6-9-16(12)13(2)21-19-17-8-4-5-10-18(17)22-14(3)23-19/h4-10,13H,1-3H3,(H,21,22,23)/i4D. The summed E-state index contributed by atoms with van der Waals surface area (Å²) in [7, 11) is 0. The third-order valence-electron chi connectivity index (χ3n) is 3.97. The smallest absolute Gasteiger partial charge is 0.138 e. The van der Waals surface area contributed by atoms with E-state index in [1.165, 1.54) is 0 Å². The molecule has 1 atom stereocenters. The van der Waals surface area contributed by atoms with Crippen LogP contribution in [0.15, 0.2) is 42.4 Å². The van der Waals surface area contributed by atoms with Gasteiger partial charge in [-0.3, -0.25) is 0 Å². The van der Waals surface area contributed by atoms with Crippen molar-refractivity contribution < 1.29 is 1.37 Å². The van der Waals surface area contributed by atoms with Crippen molar-refractivity contribution in [2.75, 3.05) is 5.32 Å². The SMILES string of the molecule is [2H]c1ccc2nc(C)nc(NC(C)c3cccc(C#N)c3C)c2c1. The van der Waals surface area contributed by atoms with Gasteiger partial charge in [0.2, 0.25) is 0 Å². The fourth-order valence-corrected chi connectivity index (χ4v) is 2.77. The Bertz CT molecular complexity index is 959. The van der Waals surface area contributed by atoms with Crippen LogP contribution in [0.1, 0.15) is 36.9 Å². The molecule has 0 radical (unpaired) electrons. The highest BCUT2D eigenvalue weighted by Crippen LogP contribution is 2.27. The predicted molar refractivity (Wildman–Crippen MR) is 92.2 cm³/mol. The van der Waals surface area contributed by atoms with Crippen LogP contribution in [0.5, 0.6) is 0 Å². The topological polar surface area (TPSA) is 61.6 Å². The molecule has 3 aromatic rings. The highest BCUT2D eigenvalue weighted by atomic mass is 15.0. The van der Waals surface area contributed by atoms with Gasteiger partial charge in [-0.1, -0.05) is 24.2 Å². The maximum Gasteiger partial charge on any atom is 0.138 e. The van der Waals surface area contributed by atoms with Gasteiger partial charge in [0.25, 0.3) is 0 Å². The van der Waals surface area contributed by atoms with Crippen LogP contribution in [0, 0.1) is 25.2 Å². The molecule has 0 saturated carbocycles. The van der Waals surface area contributed by atoms with Gasteiger partial charge in [-0.2, -0.15) is 5.26 Å². The van der Waals surface area contributed by atoms with Crippen molar-refractivity contribution in [3.63, 3.8) is 0 Å². The van der Waals surface area contributed by atoms with Gasteiger partial charge in [-0.25, -0.2) is 9.97 Å². The molecule has 0 bridgehead atoms. The normalized spacial score (nSPS) is 12.5. The minimum Gasteiger partial charge on any atom is -0.363 e. The van der Waals surface area contributed by atoms with E-state index >= 15 is 0 Å². The third-order valence-corrected chi connectivity index (χ3v) is 3.97. The van der Waals surface area contributed by atoms with E-state index in [2.05, 4.69) is 21.4 Å². The van der Waals surface area contributed by atoms with Crippen molar-refractivity contribution in [2.45, 2.75) is 26.8 Å². The Balaban J connectivity index is 2.04. The monoisotopic (exact) mass is 303 g/mol. The number of nitriles is 1. The molecule has 4 nitrogen and oxygen atoms in total. The first kappa shape index (κ1) is 13.7. The molecule has 114 valence electrons. The molecule has 1 aromatic heterocycles. The largest absolute Gasteiger partial charge is 0.363 e. The van der Waals surface area contributed by atoms with Crippen LogP contribution in [0.3, 0.4) is 0 Å². The fourth-order valence-electron chi connectivity index (χ4n) is 2.77. The Morgan fingerprint density at radius 2 is 2.00 bits per heavy atom. The van der Waals surface area contributed by atoms with E-state index in [0.29, 0.717) is 23.2 Å². The average molecular weight is 303 g/mol. The van der Waals surface area contributed by atoms with Crippen LogP contribution in [0.25, 0.3) is 10.9 Å². The van der Waals surface area contributed by atoms with Crippen molar-refractivity contribution in [1.29, 1.82) is 5.26 Å². The Labute approximate surface area is 137 Å². The molecule has 1 N–H and O–H groups in total. The lowest BCUT2D eigenvalue weighted by molar-refractivity contribution is 0.861. The second kappa shape index (κ2) is 6.05. The number of anilines is 1. The first-order valence-electron chi connectivity index (χ1n) is 8.00. The van der Waals surface area contributed by atoms with Gasteiger partial charge in [0.05, 0.1) is 24.6 Å². The average Bonchev–Trinajstić information content (AvgIpc) is 2.55. The lowest BCUT2D eigenvalue weighted by Gasteiger charge is -2.19. The maximum atomic E-state index is 9.21. The van der Waals surface area contributed by atoms with Gasteiger partial charge < -0.3 is 5.32 Å². The highest BCUT2D eigenvalue weighted by Gasteiger charge is 2.13. The highest BCUT2D eigenvalue weighted by molar-refractivity contribution is 5.89. The number of hydrogen-bond acceptors (Lipinski definition) is 4. The molecule has 0 saturated heterocycles. The number of aromatic nitrogens is 2. The zero-order valence-electron chi connectivity index (χ0n) is 14.4. The van der Waals surface area contributed by atoms with Gasteiger partial charge in [0.15, 0.2) is 0 Å². The molecular weight excluding hydrogens is 284 g/mol. The first-order valence-corrected chi connectivity index (χ1v) is 7.50. The van der Waals surface area contributed by atoms with E-state index in [9.17, 15) is 5.26 Å². The summed E-state index contributed by atoms with van der Waals surface area (Å²) < 4.78 is 7.84. The van der Waals surface area contributed by atoms with Crippen LogP contribution in [-0.2, 0) is 0 Å². The Hall–Kier alpha value is -2.93. The molecule has 2 aromatic carbocycles. The number of benzene rings is 2.